The molecule has 0 aromatic heterocycles. The van der Waals surface area contributed by atoms with Crippen LogP contribution in [0.1, 0.15) is 25.7 Å². The molecular weight excluding hydrogens is 132 g/mol. The molecule has 1 saturated heterocycles. The summed E-state index contributed by atoms with van der Waals surface area (Å²) in [6.07, 6.45) is 5.94. The van der Waals surface area contributed by atoms with E-state index in [2.05, 4.69) is 11.2 Å². The number of rotatable bonds is 0. The van der Waals surface area contributed by atoms with E-state index in [0.29, 0.717) is 0 Å². The quantitative estimate of drug-likeness (QED) is 0.470. The van der Waals surface area contributed by atoms with Gasteiger partial charge in [0.2, 0.25) is 0 Å². The lowest BCUT2D eigenvalue weighted by molar-refractivity contribution is 0.703. The molecular formula is C6H12SSi. The van der Waals surface area contributed by atoms with Crippen LogP contribution in [0.4, 0.5) is 0 Å². The predicted octanol–water partition coefficient (Wildman–Crippen LogP) is 2.33. The van der Waals surface area contributed by atoms with E-state index in [4.69, 9.17) is 0 Å². The molecule has 1 fully saturated rings. The molecule has 0 spiro atoms. The van der Waals surface area contributed by atoms with Gasteiger partial charge in [-0.15, -0.1) is 0 Å². The minimum absolute atomic E-state index is 1.21. The van der Waals surface area contributed by atoms with Crippen molar-refractivity contribution in [3.63, 3.8) is 0 Å². The van der Waals surface area contributed by atoms with Crippen molar-refractivity contribution in [3.8, 4) is 0 Å². The second-order valence-electron chi connectivity index (χ2n) is 2.16. The van der Waals surface area contributed by atoms with Crippen LogP contribution < -0.4 is 0 Å². The molecule has 0 atom stereocenters. The van der Waals surface area contributed by atoms with Crippen LogP contribution in [0, 0.1) is 0 Å². The Hall–Kier alpha value is 0.567. The molecule has 1 rings (SSSR count). The molecule has 0 aliphatic carbocycles. The van der Waals surface area contributed by atoms with E-state index in [1.165, 1.54) is 46.1 Å². The fourth-order valence-electron chi connectivity index (χ4n) is 0.869. The van der Waals surface area contributed by atoms with Crippen LogP contribution in [-0.4, -0.2) is 14.4 Å². The highest BCUT2D eigenvalue weighted by molar-refractivity contribution is 8.22. The summed E-state index contributed by atoms with van der Waals surface area (Å²) in [6.45, 7) is 0. The molecule has 46 valence electrons. The van der Waals surface area contributed by atoms with Gasteiger partial charge < -0.3 is 0 Å². The van der Waals surface area contributed by atoms with Gasteiger partial charge in [-0.3, -0.25) is 0 Å². The van der Waals surface area contributed by atoms with Crippen molar-refractivity contribution in [1.29, 1.82) is 0 Å². The van der Waals surface area contributed by atoms with Crippen LogP contribution >= 0.6 is 11.2 Å². The van der Waals surface area contributed by atoms with E-state index in [0.717, 1.165) is 0 Å². The average Bonchev–Trinajstić information content (AvgIpc) is 1.62. The maximum absolute atomic E-state index is 2.16. The Morgan fingerprint density at radius 3 is 2.88 bits per heavy atom. The van der Waals surface area contributed by atoms with Crippen molar-refractivity contribution in [2.45, 2.75) is 31.7 Å². The zero-order valence-electron chi connectivity index (χ0n) is 5.15. The third kappa shape index (κ3) is 2.77. The lowest BCUT2D eigenvalue weighted by Crippen LogP contribution is -1.92. The molecule has 1 heterocycles. The molecule has 0 saturated carbocycles. The van der Waals surface area contributed by atoms with Gasteiger partial charge in [-0.25, -0.2) is 0 Å². The van der Waals surface area contributed by atoms with Gasteiger partial charge >= 0.3 is 0 Å². The summed E-state index contributed by atoms with van der Waals surface area (Å²) in [5, 5.41) is 0. The van der Waals surface area contributed by atoms with Crippen LogP contribution in [-0.2, 0) is 0 Å². The lowest BCUT2D eigenvalue weighted by atomic mass is 10.2. The van der Waals surface area contributed by atoms with Crippen LogP contribution in [0.5, 0.6) is 0 Å². The Bertz CT molecular complexity index is 32.5. The van der Waals surface area contributed by atoms with E-state index < -0.39 is 0 Å². The number of hydrogen-bond donors (Lipinski definition) is 0. The minimum atomic E-state index is 1.21. The summed E-state index contributed by atoms with van der Waals surface area (Å²) >= 11 is 2.16. The largest absolute Gasteiger partial charge is 0.190 e. The normalized spacial score (nSPS) is 24.0. The Labute approximate surface area is 57.9 Å². The second kappa shape index (κ2) is 4.45. The molecule has 0 aromatic rings. The first-order chi connectivity index (χ1) is 4.00. The van der Waals surface area contributed by atoms with Crippen LogP contribution in [0.25, 0.3) is 0 Å². The monoisotopic (exact) mass is 144 g/mol. The van der Waals surface area contributed by atoms with Crippen LogP contribution in [0.2, 0.25) is 6.04 Å². The molecule has 0 aromatic carbocycles. The SMILES string of the molecule is C1CCCS[Si]CC1. The lowest BCUT2D eigenvalue weighted by Gasteiger charge is -2.04. The first-order valence-corrected chi connectivity index (χ1v) is 6.26. The molecule has 2 radical (unpaired) electrons. The maximum atomic E-state index is 2.16. The van der Waals surface area contributed by atoms with Crippen molar-refractivity contribution in [2.24, 2.45) is 0 Å². The van der Waals surface area contributed by atoms with Crippen LogP contribution in [0.15, 0.2) is 0 Å². The summed E-state index contributed by atoms with van der Waals surface area (Å²) in [5.41, 5.74) is 0. The minimum Gasteiger partial charge on any atom is -0.190 e. The van der Waals surface area contributed by atoms with E-state index >= 15 is 0 Å². The third-order valence-corrected chi connectivity index (χ3v) is 4.47. The molecule has 0 bridgehead atoms. The fraction of sp³-hybridized carbons (Fsp3) is 1.00. The predicted molar refractivity (Wildman–Crippen MR) is 41.5 cm³/mol. The summed E-state index contributed by atoms with van der Waals surface area (Å²) in [6, 6.07) is 1.49. The van der Waals surface area contributed by atoms with Gasteiger partial charge in [0.1, 0.15) is 8.67 Å². The third-order valence-electron chi connectivity index (χ3n) is 1.38. The second-order valence-corrected chi connectivity index (χ2v) is 5.37. The van der Waals surface area contributed by atoms with Gasteiger partial charge in [0.15, 0.2) is 0 Å². The molecule has 1 aliphatic heterocycles. The molecule has 0 amide bonds. The molecule has 1 aliphatic rings. The molecule has 8 heavy (non-hydrogen) atoms. The Morgan fingerprint density at radius 1 is 1.00 bits per heavy atom. The van der Waals surface area contributed by atoms with Crippen molar-refractivity contribution in [1.82, 2.24) is 0 Å². The topological polar surface area (TPSA) is 0 Å². The highest BCUT2D eigenvalue weighted by atomic mass is 32.4. The fourth-order valence-corrected chi connectivity index (χ4v) is 3.63. The van der Waals surface area contributed by atoms with Crippen molar-refractivity contribution >= 4 is 19.9 Å². The van der Waals surface area contributed by atoms with Gasteiger partial charge in [0.05, 0.1) is 0 Å². The van der Waals surface area contributed by atoms with Gasteiger partial charge in [0, 0.05) is 0 Å². The summed E-state index contributed by atoms with van der Waals surface area (Å²) in [5.74, 6) is 1.43. The first-order valence-electron chi connectivity index (χ1n) is 3.35. The Balaban J connectivity index is 2.00. The van der Waals surface area contributed by atoms with Crippen molar-refractivity contribution < 1.29 is 0 Å². The highest BCUT2D eigenvalue weighted by Gasteiger charge is 1.97. The van der Waals surface area contributed by atoms with Gasteiger partial charge in [-0.2, -0.15) is 11.2 Å². The first kappa shape index (κ1) is 6.68. The standard InChI is InChI=1S/C6H12SSi/c1-2-4-6-8-7-5-3-1/h1-6H2. The van der Waals surface area contributed by atoms with Gasteiger partial charge in [-0.05, 0) is 12.2 Å². The average molecular weight is 144 g/mol. The molecule has 0 unspecified atom stereocenters. The molecule has 2 heteroatoms. The Morgan fingerprint density at radius 2 is 1.88 bits per heavy atom. The Kier molecular flexibility index (Phi) is 3.71. The van der Waals surface area contributed by atoms with Crippen LogP contribution in [0.3, 0.4) is 0 Å². The summed E-state index contributed by atoms with van der Waals surface area (Å²) < 4.78 is 0. The zero-order chi connectivity index (χ0) is 5.66. The van der Waals surface area contributed by atoms with Crippen molar-refractivity contribution in [3.05, 3.63) is 0 Å². The van der Waals surface area contributed by atoms with Gasteiger partial charge in [-0.1, -0.05) is 25.3 Å². The van der Waals surface area contributed by atoms with E-state index in [-0.39, 0.29) is 0 Å². The summed E-state index contributed by atoms with van der Waals surface area (Å²) in [4.78, 5) is 0. The highest BCUT2D eigenvalue weighted by Crippen LogP contribution is 2.14. The number of hydrogen-bond acceptors (Lipinski definition) is 1. The summed E-state index contributed by atoms with van der Waals surface area (Å²) in [7, 11) is 1.21. The van der Waals surface area contributed by atoms with E-state index in [9.17, 15) is 0 Å². The van der Waals surface area contributed by atoms with Gasteiger partial charge in [0.25, 0.3) is 0 Å². The maximum Gasteiger partial charge on any atom is 0.122 e. The zero-order valence-corrected chi connectivity index (χ0v) is 6.97. The van der Waals surface area contributed by atoms with E-state index in [1.54, 1.807) is 0 Å². The van der Waals surface area contributed by atoms with Crippen molar-refractivity contribution in [2.75, 3.05) is 5.75 Å². The molecule has 0 nitrogen and oxygen atoms in total. The smallest absolute Gasteiger partial charge is 0.122 e. The van der Waals surface area contributed by atoms with E-state index in [1.807, 2.05) is 0 Å². The molecule has 0 N–H and O–H groups in total.